The van der Waals surface area contributed by atoms with Crippen molar-refractivity contribution in [2.45, 2.75) is 26.2 Å². The first kappa shape index (κ1) is 15.9. The third-order valence-electron chi connectivity index (χ3n) is 3.32. The van der Waals surface area contributed by atoms with Crippen LogP contribution in [0.1, 0.15) is 36.5 Å². The standard InChI is InChI=1S/C18H17BrF2/c1-2-3-4-13-5-7-14(8-6-13)17(20)18(21)15-9-11-16(19)12-10-15/h5-12H,2-4H2,1H3. The second-order valence-corrected chi connectivity index (χ2v) is 5.85. The second-order valence-electron chi connectivity index (χ2n) is 4.94. The summed E-state index contributed by atoms with van der Waals surface area (Å²) in [5.74, 6) is -1.65. The number of halogens is 3. The van der Waals surface area contributed by atoms with E-state index >= 15 is 0 Å². The summed E-state index contributed by atoms with van der Waals surface area (Å²) in [5, 5.41) is 0. The van der Waals surface area contributed by atoms with Gasteiger partial charge in [0.15, 0.2) is 11.7 Å². The Hall–Kier alpha value is -1.48. The molecule has 0 N–H and O–H groups in total. The van der Waals surface area contributed by atoms with E-state index in [1.807, 2.05) is 12.1 Å². The number of benzene rings is 2. The molecule has 0 atom stereocenters. The zero-order valence-electron chi connectivity index (χ0n) is 11.9. The zero-order valence-corrected chi connectivity index (χ0v) is 13.5. The minimum absolute atomic E-state index is 0.241. The highest BCUT2D eigenvalue weighted by Crippen LogP contribution is 2.29. The van der Waals surface area contributed by atoms with E-state index in [0.717, 1.165) is 29.3 Å². The molecule has 0 fully saturated rings. The van der Waals surface area contributed by atoms with Crippen molar-refractivity contribution in [2.75, 3.05) is 0 Å². The Labute approximate surface area is 132 Å². The third kappa shape index (κ3) is 4.24. The topological polar surface area (TPSA) is 0 Å². The van der Waals surface area contributed by atoms with E-state index < -0.39 is 11.7 Å². The molecular weight excluding hydrogens is 334 g/mol. The van der Waals surface area contributed by atoms with Gasteiger partial charge in [-0.25, -0.2) is 8.78 Å². The van der Waals surface area contributed by atoms with Crippen molar-refractivity contribution >= 4 is 27.6 Å². The van der Waals surface area contributed by atoms with Crippen LogP contribution in [0.3, 0.4) is 0 Å². The van der Waals surface area contributed by atoms with E-state index in [9.17, 15) is 8.78 Å². The van der Waals surface area contributed by atoms with Crippen LogP contribution in [-0.2, 0) is 6.42 Å². The summed E-state index contributed by atoms with van der Waals surface area (Å²) in [6.07, 6.45) is 3.19. The zero-order chi connectivity index (χ0) is 15.2. The molecular formula is C18H17BrF2. The highest BCUT2D eigenvalue weighted by Gasteiger charge is 2.11. The summed E-state index contributed by atoms with van der Waals surface area (Å²) in [6.45, 7) is 2.13. The van der Waals surface area contributed by atoms with Gasteiger partial charge in [-0.1, -0.05) is 65.7 Å². The van der Waals surface area contributed by atoms with Gasteiger partial charge in [-0.05, 0) is 30.5 Å². The molecule has 0 amide bonds. The second kappa shape index (κ2) is 7.51. The minimum Gasteiger partial charge on any atom is -0.203 e. The largest absolute Gasteiger partial charge is 0.203 e. The van der Waals surface area contributed by atoms with Gasteiger partial charge in [0, 0.05) is 15.6 Å². The van der Waals surface area contributed by atoms with Gasteiger partial charge in [-0.15, -0.1) is 0 Å². The number of hydrogen-bond donors (Lipinski definition) is 0. The van der Waals surface area contributed by atoms with Crippen molar-refractivity contribution in [1.29, 1.82) is 0 Å². The summed E-state index contributed by atoms with van der Waals surface area (Å²) in [5.41, 5.74) is 1.67. The normalized spacial score (nSPS) is 12.2. The van der Waals surface area contributed by atoms with Crippen LogP contribution in [-0.4, -0.2) is 0 Å². The van der Waals surface area contributed by atoms with E-state index in [1.54, 1.807) is 36.4 Å². The molecule has 2 aromatic carbocycles. The quantitative estimate of drug-likeness (QED) is 0.536. The monoisotopic (exact) mass is 350 g/mol. The maximum absolute atomic E-state index is 14.2. The molecule has 0 saturated heterocycles. The molecule has 0 saturated carbocycles. The Balaban J connectivity index is 2.23. The van der Waals surface area contributed by atoms with Crippen LogP contribution in [0.25, 0.3) is 11.7 Å². The highest BCUT2D eigenvalue weighted by molar-refractivity contribution is 9.10. The SMILES string of the molecule is CCCCc1ccc(C(F)=C(F)c2ccc(Br)cc2)cc1. The Morgan fingerprint density at radius 3 is 1.81 bits per heavy atom. The van der Waals surface area contributed by atoms with Crippen LogP contribution in [0, 0.1) is 0 Å². The minimum atomic E-state index is -0.830. The Bertz CT molecular complexity index is 613. The fourth-order valence-corrected chi connectivity index (χ4v) is 2.31. The van der Waals surface area contributed by atoms with Gasteiger partial charge in [0.25, 0.3) is 0 Å². The van der Waals surface area contributed by atoms with Gasteiger partial charge in [0.1, 0.15) is 0 Å². The number of hydrogen-bond acceptors (Lipinski definition) is 0. The van der Waals surface area contributed by atoms with Crippen molar-refractivity contribution in [3.8, 4) is 0 Å². The first-order valence-corrected chi connectivity index (χ1v) is 7.81. The van der Waals surface area contributed by atoms with Gasteiger partial charge in [0.05, 0.1) is 0 Å². The summed E-state index contributed by atoms with van der Waals surface area (Å²) >= 11 is 3.27. The van der Waals surface area contributed by atoms with Gasteiger partial charge >= 0.3 is 0 Å². The van der Waals surface area contributed by atoms with E-state index in [1.165, 1.54) is 0 Å². The molecule has 0 aromatic heterocycles. The van der Waals surface area contributed by atoms with Gasteiger partial charge in [0.2, 0.25) is 0 Å². The van der Waals surface area contributed by atoms with Gasteiger partial charge < -0.3 is 0 Å². The van der Waals surface area contributed by atoms with E-state index in [-0.39, 0.29) is 11.1 Å². The van der Waals surface area contributed by atoms with Crippen molar-refractivity contribution in [3.05, 3.63) is 69.7 Å². The average Bonchev–Trinajstić information content (AvgIpc) is 2.53. The predicted octanol–water partition coefficient (Wildman–Crippen LogP) is 6.56. The number of unbranched alkanes of at least 4 members (excludes halogenated alkanes) is 1. The van der Waals surface area contributed by atoms with Crippen LogP contribution in [0.4, 0.5) is 8.78 Å². The molecule has 2 aromatic rings. The average molecular weight is 351 g/mol. The molecule has 0 nitrogen and oxygen atoms in total. The lowest BCUT2D eigenvalue weighted by atomic mass is 10.0. The maximum Gasteiger partial charge on any atom is 0.166 e. The summed E-state index contributed by atoms with van der Waals surface area (Å²) < 4.78 is 29.2. The fraction of sp³-hybridized carbons (Fsp3) is 0.222. The van der Waals surface area contributed by atoms with Gasteiger partial charge in [-0.3, -0.25) is 0 Å². The van der Waals surface area contributed by atoms with E-state index in [4.69, 9.17) is 0 Å². The lowest BCUT2D eigenvalue weighted by Crippen LogP contribution is -1.87. The Morgan fingerprint density at radius 1 is 0.857 bits per heavy atom. The highest BCUT2D eigenvalue weighted by atomic mass is 79.9. The number of rotatable bonds is 5. The molecule has 0 unspecified atom stereocenters. The third-order valence-corrected chi connectivity index (χ3v) is 3.85. The maximum atomic E-state index is 14.2. The molecule has 0 aliphatic carbocycles. The Morgan fingerprint density at radius 2 is 1.33 bits per heavy atom. The molecule has 0 radical (unpaired) electrons. The smallest absolute Gasteiger partial charge is 0.166 e. The summed E-state index contributed by atoms with van der Waals surface area (Å²) in [6, 6.07) is 13.5. The van der Waals surface area contributed by atoms with Crippen LogP contribution in [0.2, 0.25) is 0 Å². The molecule has 0 aliphatic heterocycles. The van der Waals surface area contributed by atoms with Crippen molar-refractivity contribution in [3.63, 3.8) is 0 Å². The molecule has 2 rings (SSSR count). The molecule has 3 heteroatoms. The molecule has 0 heterocycles. The summed E-state index contributed by atoms with van der Waals surface area (Å²) in [4.78, 5) is 0. The summed E-state index contributed by atoms with van der Waals surface area (Å²) in [7, 11) is 0. The Kier molecular flexibility index (Phi) is 5.68. The molecule has 21 heavy (non-hydrogen) atoms. The van der Waals surface area contributed by atoms with Crippen LogP contribution in [0.15, 0.2) is 53.0 Å². The van der Waals surface area contributed by atoms with Gasteiger partial charge in [-0.2, -0.15) is 0 Å². The first-order chi connectivity index (χ1) is 10.1. The lowest BCUT2D eigenvalue weighted by Gasteiger charge is -2.04. The van der Waals surface area contributed by atoms with Crippen LogP contribution in [0.5, 0.6) is 0 Å². The van der Waals surface area contributed by atoms with E-state index in [0.29, 0.717) is 0 Å². The van der Waals surface area contributed by atoms with Crippen molar-refractivity contribution < 1.29 is 8.78 Å². The van der Waals surface area contributed by atoms with Crippen molar-refractivity contribution in [1.82, 2.24) is 0 Å². The van der Waals surface area contributed by atoms with Crippen LogP contribution >= 0.6 is 15.9 Å². The van der Waals surface area contributed by atoms with Crippen LogP contribution < -0.4 is 0 Å². The molecule has 0 spiro atoms. The lowest BCUT2D eigenvalue weighted by molar-refractivity contribution is 0.700. The predicted molar refractivity (Wildman–Crippen MR) is 88.2 cm³/mol. The number of aryl methyl sites for hydroxylation is 1. The molecule has 0 aliphatic rings. The first-order valence-electron chi connectivity index (χ1n) is 7.02. The molecule has 0 bridgehead atoms. The fourth-order valence-electron chi connectivity index (χ4n) is 2.05. The van der Waals surface area contributed by atoms with E-state index in [2.05, 4.69) is 22.9 Å². The van der Waals surface area contributed by atoms with Crippen molar-refractivity contribution in [2.24, 2.45) is 0 Å². The molecule has 110 valence electrons.